The van der Waals surface area contributed by atoms with E-state index in [9.17, 15) is 14.4 Å². The maximum Gasteiger partial charge on any atom is 0.308 e. The standard InChI is InChI=1S/C18H17NO6/c1-11(20)25-15-8-5-13(10-16(15)24-2)18(23)19-14-6-3-12(4-7-14)9-17(21)22/h3-8,10H,9H2,1-2H3,(H,19,23)(H,21,22). The van der Waals surface area contributed by atoms with Crippen LogP contribution in [0, 0.1) is 0 Å². The van der Waals surface area contributed by atoms with Gasteiger partial charge in [0.15, 0.2) is 11.5 Å². The molecule has 0 atom stereocenters. The van der Waals surface area contributed by atoms with Crippen LogP contribution in [0.1, 0.15) is 22.8 Å². The number of nitrogens with one attached hydrogen (secondary N) is 1. The molecule has 1 amide bonds. The van der Waals surface area contributed by atoms with Crippen molar-refractivity contribution in [2.24, 2.45) is 0 Å². The van der Waals surface area contributed by atoms with Crippen molar-refractivity contribution >= 4 is 23.5 Å². The van der Waals surface area contributed by atoms with Crippen molar-refractivity contribution in [1.82, 2.24) is 0 Å². The zero-order chi connectivity index (χ0) is 18.4. The maximum atomic E-state index is 12.3. The van der Waals surface area contributed by atoms with Crippen LogP contribution in [0.4, 0.5) is 5.69 Å². The van der Waals surface area contributed by atoms with Crippen LogP contribution in [0.25, 0.3) is 0 Å². The van der Waals surface area contributed by atoms with Gasteiger partial charge < -0.3 is 19.9 Å². The van der Waals surface area contributed by atoms with Gasteiger partial charge in [-0.1, -0.05) is 12.1 Å². The number of hydrogen-bond acceptors (Lipinski definition) is 5. The van der Waals surface area contributed by atoms with Gasteiger partial charge in [-0.2, -0.15) is 0 Å². The SMILES string of the molecule is COc1cc(C(=O)Nc2ccc(CC(=O)O)cc2)ccc1OC(C)=O. The number of methoxy groups -OCH3 is 1. The Hall–Kier alpha value is -3.35. The number of anilines is 1. The molecule has 25 heavy (non-hydrogen) atoms. The van der Waals surface area contributed by atoms with Crippen molar-refractivity contribution in [3.8, 4) is 11.5 Å². The van der Waals surface area contributed by atoms with E-state index in [-0.39, 0.29) is 23.8 Å². The van der Waals surface area contributed by atoms with E-state index < -0.39 is 11.9 Å². The van der Waals surface area contributed by atoms with Crippen molar-refractivity contribution < 1.29 is 29.0 Å². The average Bonchev–Trinajstić information content (AvgIpc) is 2.56. The fourth-order valence-corrected chi connectivity index (χ4v) is 2.13. The summed E-state index contributed by atoms with van der Waals surface area (Å²) in [6.07, 6.45) is -0.0803. The lowest BCUT2D eigenvalue weighted by atomic mass is 10.1. The smallest absolute Gasteiger partial charge is 0.308 e. The number of esters is 1. The summed E-state index contributed by atoms with van der Waals surface area (Å²) in [7, 11) is 1.41. The van der Waals surface area contributed by atoms with Gasteiger partial charge in [0, 0.05) is 18.2 Å². The van der Waals surface area contributed by atoms with Gasteiger partial charge in [-0.15, -0.1) is 0 Å². The zero-order valence-electron chi connectivity index (χ0n) is 13.7. The van der Waals surface area contributed by atoms with Crippen LogP contribution >= 0.6 is 0 Å². The molecule has 2 rings (SSSR count). The van der Waals surface area contributed by atoms with Gasteiger partial charge in [0.05, 0.1) is 13.5 Å². The Balaban J connectivity index is 2.12. The Morgan fingerprint density at radius 1 is 1.04 bits per heavy atom. The number of carboxylic acids is 1. The van der Waals surface area contributed by atoms with E-state index in [4.69, 9.17) is 14.6 Å². The highest BCUT2D eigenvalue weighted by atomic mass is 16.6. The first kappa shape index (κ1) is 18.0. The molecule has 0 aliphatic carbocycles. The number of amides is 1. The molecule has 0 aliphatic heterocycles. The highest BCUT2D eigenvalue weighted by Gasteiger charge is 2.13. The van der Waals surface area contributed by atoms with Gasteiger partial charge in [0.25, 0.3) is 5.91 Å². The summed E-state index contributed by atoms with van der Waals surface area (Å²) in [6.45, 7) is 1.27. The van der Waals surface area contributed by atoms with Crippen LogP contribution < -0.4 is 14.8 Å². The number of carbonyl (C=O) groups is 3. The van der Waals surface area contributed by atoms with Gasteiger partial charge in [-0.3, -0.25) is 14.4 Å². The minimum Gasteiger partial charge on any atom is -0.493 e. The van der Waals surface area contributed by atoms with E-state index >= 15 is 0 Å². The van der Waals surface area contributed by atoms with E-state index in [1.165, 1.54) is 32.2 Å². The normalized spacial score (nSPS) is 10.0. The van der Waals surface area contributed by atoms with Gasteiger partial charge >= 0.3 is 11.9 Å². The Morgan fingerprint density at radius 3 is 2.28 bits per heavy atom. The maximum absolute atomic E-state index is 12.3. The molecule has 0 radical (unpaired) electrons. The van der Waals surface area contributed by atoms with Crippen molar-refractivity contribution in [2.45, 2.75) is 13.3 Å². The van der Waals surface area contributed by atoms with Gasteiger partial charge in [-0.25, -0.2) is 0 Å². The number of rotatable bonds is 6. The molecule has 0 fully saturated rings. The van der Waals surface area contributed by atoms with Gasteiger partial charge in [0.2, 0.25) is 0 Å². The summed E-state index contributed by atoms with van der Waals surface area (Å²) in [4.78, 5) is 34.0. The number of ether oxygens (including phenoxy) is 2. The number of benzene rings is 2. The second-order valence-corrected chi connectivity index (χ2v) is 5.18. The molecule has 130 valence electrons. The van der Waals surface area contributed by atoms with Crippen LogP contribution in [0.3, 0.4) is 0 Å². The van der Waals surface area contributed by atoms with Crippen molar-refractivity contribution in [1.29, 1.82) is 0 Å². The van der Waals surface area contributed by atoms with Crippen LogP contribution in [0.2, 0.25) is 0 Å². The van der Waals surface area contributed by atoms with E-state index in [0.717, 1.165) is 0 Å². The first-order chi connectivity index (χ1) is 11.9. The minimum absolute atomic E-state index is 0.0803. The highest BCUT2D eigenvalue weighted by molar-refractivity contribution is 6.04. The second kappa shape index (κ2) is 7.96. The molecule has 0 aromatic heterocycles. The predicted molar refractivity (Wildman–Crippen MR) is 90.0 cm³/mol. The number of hydrogen-bond donors (Lipinski definition) is 2. The van der Waals surface area contributed by atoms with Gasteiger partial charge in [-0.05, 0) is 35.9 Å². The lowest BCUT2D eigenvalue weighted by molar-refractivity contribution is -0.136. The predicted octanol–water partition coefficient (Wildman–Crippen LogP) is 2.50. The second-order valence-electron chi connectivity index (χ2n) is 5.18. The fraction of sp³-hybridized carbons (Fsp3) is 0.167. The Bertz CT molecular complexity index is 798. The Morgan fingerprint density at radius 2 is 1.72 bits per heavy atom. The summed E-state index contributed by atoms with van der Waals surface area (Å²) < 4.78 is 10.1. The quantitative estimate of drug-likeness (QED) is 0.617. The largest absolute Gasteiger partial charge is 0.493 e. The third-order valence-corrected chi connectivity index (χ3v) is 3.25. The Labute approximate surface area is 144 Å². The van der Waals surface area contributed by atoms with Crippen LogP contribution in [-0.2, 0) is 16.0 Å². The molecular weight excluding hydrogens is 326 g/mol. The Kier molecular flexibility index (Phi) is 5.73. The minimum atomic E-state index is -0.920. The van der Waals surface area contributed by atoms with Crippen LogP contribution in [-0.4, -0.2) is 30.1 Å². The van der Waals surface area contributed by atoms with Crippen molar-refractivity contribution in [2.75, 3.05) is 12.4 Å². The van der Waals surface area contributed by atoms with Crippen molar-refractivity contribution in [3.05, 3.63) is 53.6 Å². The van der Waals surface area contributed by atoms with E-state index in [1.54, 1.807) is 24.3 Å². The monoisotopic (exact) mass is 343 g/mol. The molecule has 0 unspecified atom stereocenters. The number of aliphatic carboxylic acids is 1. The molecule has 0 heterocycles. The summed E-state index contributed by atoms with van der Waals surface area (Å²) >= 11 is 0. The molecule has 7 nitrogen and oxygen atoms in total. The topological polar surface area (TPSA) is 102 Å². The molecule has 0 saturated heterocycles. The summed E-state index contributed by atoms with van der Waals surface area (Å²) in [5.41, 5.74) is 1.49. The molecule has 0 spiro atoms. The summed E-state index contributed by atoms with van der Waals surface area (Å²) in [5.74, 6) is -1.29. The summed E-state index contributed by atoms with van der Waals surface area (Å²) in [6, 6.07) is 11.0. The molecule has 2 N–H and O–H groups in total. The third kappa shape index (κ3) is 5.07. The van der Waals surface area contributed by atoms with Crippen LogP contribution in [0.15, 0.2) is 42.5 Å². The third-order valence-electron chi connectivity index (χ3n) is 3.25. The summed E-state index contributed by atoms with van der Waals surface area (Å²) in [5, 5.41) is 11.4. The molecule has 2 aromatic rings. The van der Waals surface area contributed by atoms with Crippen molar-refractivity contribution in [3.63, 3.8) is 0 Å². The first-order valence-corrected chi connectivity index (χ1v) is 7.37. The average molecular weight is 343 g/mol. The van der Waals surface area contributed by atoms with E-state index in [1.807, 2.05) is 0 Å². The lowest BCUT2D eigenvalue weighted by Gasteiger charge is -2.10. The number of carbonyl (C=O) groups excluding carboxylic acids is 2. The van der Waals surface area contributed by atoms with E-state index in [2.05, 4.69) is 5.32 Å². The zero-order valence-corrected chi connectivity index (χ0v) is 13.7. The lowest BCUT2D eigenvalue weighted by Crippen LogP contribution is -2.12. The molecule has 0 bridgehead atoms. The number of carboxylic acid groups (broad SMARTS) is 1. The van der Waals surface area contributed by atoms with Gasteiger partial charge in [0.1, 0.15) is 0 Å². The fourth-order valence-electron chi connectivity index (χ4n) is 2.13. The van der Waals surface area contributed by atoms with E-state index in [0.29, 0.717) is 16.8 Å². The first-order valence-electron chi connectivity index (χ1n) is 7.37. The molecule has 2 aromatic carbocycles. The van der Waals surface area contributed by atoms with Crippen LogP contribution in [0.5, 0.6) is 11.5 Å². The molecule has 7 heteroatoms. The molecule has 0 saturated carbocycles. The molecular formula is C18H17NO6. The highest BCUT2D eigenvalue weighted by Crippen LogP contribution is 2.28. The molecule has 0 aliphatic rings.